The summed E-state index contributed by atoms with van der Waals surface area (Å²) in [4.78, 5) is 11.6. The zero-order chi connectivity index (χ0) is 14.6. The number of benzene rings is 1. The summed E-state index contributed by atoms with van der Waals surface area (Å²) >= 11 is 0. The van der Waals surface area contributed by atoms with Gasteiger partial charge in [-0.2, -0.15) is 0 Å². The number of sulfone groups is 1. The smallest absolute Gasteiger partial charge is 0.238 e. The largest absolute Gasteiger partial charge is 0.325 e. The Kier molecular flexibility index (Phi) is 4.72. The number of amides is 1. The van der Waals surface area contributed by atoms with Crippen LogP contribution in [-0.2, 0) is 14.6 Å². The van der Waals surface area contributed by atoms with Crippen LogP contribution >= 0.6 is 0 Å². The van der Waals surface area contributed by atoms with Crippen molar-refractivity contribution in [1.29, 1.82) is 0 Å². The number of carbonyl (C=O) groups is 1. The number of carbonyl (C=O) groups excluding carboxylic acids is 1. The molecule has 0 saturated carbocycles. The van der Waals surface area contributed by atoms with Crippen LogP contribution in [0.4, 0.5) is 10.1 Å². The highest BCUT2D eigenvalue weighted by atomic mass is 32.2. The SMILES string of the molecule is O=C(CNCC1CCCS1(=O)=O)Nc1ccc(F)cc1. The molecule has 0 radical (unpaired) electrons. The molecule has 2 rings (SSSR count). The summed E-state index contributed by atoms with van der Waals surface area (Å²) < 4.78 is 35.9. The second kappa shape index (κ2) is 6.32. The van der Waals surface area contributed by atoms with Crippen LogP contribution in [0.2, 0.25) is 0 Å². The first-order valence-electron chi connectivity index (χ1n) is 6.45. The zero-order valence-corrected chi connectivity index (χ0v) is 11.7. The maximum atomic E-state index is 12.7. The predicted octanol–water partition coefficient (Wildman–Crippen LogP) is 0.931. The van der Waals surface area contributed by atoms with Gasteiger partial charge in [0, 0.05) is 12.2 Å². The first kappa shape index (κ1) is 14.9. The van der Waals surface area contributed by atoms with E-state index in [9.17, 15) is 17.6 Å². The quantitative estimate of drug-likeness (QED) is 0.848. The van der Waals surface area contributed by atoms with E-state index in [1.807, 2.05) is 0 Å². The number of rotatable bonds is 5. The third kappa shape index (κ3) is 4.01. The average molecular weight is 300 g/mol. The number of halogens is 1. The number of anilines is 1. The second-order valence-electron chi connectivity index (χ2n) is 4.82. The van der Waals surface area contributed by atoms with Gasteiger partial charge in [-0.25, -0.2) is 12.8 Å². The standard InChI is InChI=1S/C13H17FN2O3S/c14-10-3-5-11(6-4-10)16-13(17)9-15-8-12-2-1-7-20(12,18)19/h3-6,12,15H,1-2,7-9H2,(H,16,17). The molecule has 1 aliphatic rings. The number of nitrogens with one attached hydrogen (secondary N) is 2. The lowest BCUT2D eigenvalue weighted by atomic mass is 10.2. The molecule has 0 spiro atoms. The van der Waals surface area contributed by atoms with E-state index in [-0.39, 0.29) is 29.3 Å². The van der Waals surface area contributed by atoms with Gasteiger partial charge in [0.05, 0.1) is 17.5 Å². The summed E-state index contributed by atoms with van der Waals surface area (Å²) in [6.07, 6.45) is 1.34. The fourth-order valence-corrected chi connectivity index (χ4v) is 3.97. The molecule has 1 fully saturated rings. The Morgan fingerprint density at radius 3 is 2.60 bits per heavy atom. The Bertz CT molecular complexity index is 572. The zero-order valence-electron chi connectivity index (χ0n) is 10.9. The van der Waals surface area contributed by atoms with Gasteiger partial charge in [0.15, 0.2) is 9.84 Å². The van der Waals surface area contributed by atoms with Crippen LogP contribution in [0, 0.1) is 5.82 Å². The second-order valence-corrected chi connectivity index (χ2v) is 7.22. The van der Waals surface area contributed by atoms with Crippen molar-refractivity contribution in [3.8, 4) is 0 Å². The van der Waals surface area contributed by atoms with Gasteiger partial charge < -0.3 is 10.6 Å². The average Bonchev–Trinajstić information content (AvgIpc) is 2.72. The van der Waals surface area contributed by atoms with Crippen molar-refractivity contribution in [2.24, 2.45) is 0 Å². The van der Waals surface area contributed by atoms with Crippen LogP contribution in [0.5, 0.6) is 0 Å². The molecular weight excluding hydrogens is 283 g/mol. The van der Waals surface area contributed by atoms with Gasteiger partial charge in [-0.05, 0) is 37.1 Å². The molecule has 20 heavy (non-hydrogen) atoms. The molecule has 0 bridgehead atoms. The minimum Gasteiger partial charge on any atom is -0.325 e. The van der Waals surface area contributed by atoms with Crippen molar-refractivity contribution < 1.29 is 17.6 Å². The topological polar surface area (TPSA) is 75.3 Å². The summed E-state index contributed by atoms with van der Waals surface area (Å²) in [7, 11) is -2.98. The molecule has 1 amide bonds. The Morgan fingerprint density at radius 2 is 2.00 bits per heavy atom. The Labute approximate surface area is 117 Å². The lowest BCUT2D eigenvalue weighted by Crippen LogP contribution is -2.35. The van der Waals surface area contributed by atoms with Crippen LogP contribution in [0.3, 0.4) is 0 Å². The van der Waals surface area contributed by atoms with Gasteiger partial charge in [-0.3, -0.25) is 4.79 Å². The van der Waals surface area contributed by atoms with Gasteiger partial charge in [-0.15, -0.1) is 0 Å². The van der Waals surface area contributed by atoms with E-state index in [2.05, 4.69) is 10.6 Å². The summed E-state index contributed by atoms with van der Waals surface area (Å²) in [5, 5.41) is 5.06. The molecule has 2 N–H and O–H groups in total. The van der Waals surface area contributed by atoms with E-state index in [0.29, 0.717) is 25.1 Å². The van der Waals surface area contributed by atoms with Gasteiger partial charge in [0.25, 0.3) is 0 Å². The summed E-state index contributed by atoms with van der Waals surface area (Å²) in [6.45, 7) is 0.322. The molecular formula is C13H17FN2O3S. The van der Waals surface area contributed by atoms with E-state index >= 15 is 0 Å². The van der Waals surface area contributed by atoms with Crippen LogP contribution in [0.15, 0.2) is 24.3 Å². The summed E-state index contributed by atoms with van der Waals surface area (Å²) in [6, 6.07) is 5.45. The fourth-order valence-electron chi connectivity index (χ4n) is 2.17. The van der Waals surface area contributed by atoms with Crippen molar-refractivity contribution in [2.45, 2.75) is 18.1 Å². The molecule has 1 aliphatic heterocycles. The monoisotopic (exact) mass is 300 g/mol. The maximum absolute atomic E-state index is 12.7. The molecule has 110 valence electrons. The van der Waals surface area contributed by atoms with E-state index in [4.69, 9.17) is 0 Å². The molecule has 1 unspecified atom stereocenters. The van der Waals surface area contributed by atoms with Gasteiger partial charge >= 0.3 is 0 Å². The highest BCUT2D eigenvalue weighted by molar-refractivity contribution is 7.92. The van der Waals surface area contributed by atoms with Gasteiger partial charge in [0.2, 0.25) is 5.91 Å². The lowest BCUT2D eigenvalue weighted by molar-refractivity contribution is -0.115. The van der Waals surface area contributed by atoms with E-state index in [1.165, 1.54) is 24.3 Å². The summed E-state index contributed by atoms with van der Waals surface area (Å²) in [5.74, 6) is -0.416. The Hall–Kier alpha value is -1.47. The third-order valence-electron chi connectivity index (χ3n) is 3.25. The minimum atomic E-state index is -2.98. The van der Waals surface area contributed by atoms with Crippen LogP contribution in [-0.4, -0.2) is 38.4 Å². The van der Waals surface area contributed by atoms with Crippen molar-refractivity contribution in [1.82, 2.24) is 5.32 Å². The molecule has 1 saturated heterocycles. The molecule has 7 heteroatoms. The number of hydrogen-bond acceptors (Lipinski definition) is 4. The predicted molar refractivity (Wildman–Crippen MR) is 74.7 cm³/mol. The maximum Gasteiger partial charge on any atom is 0.238 e. The lowest BCUT2D eigenvalue weighted by Gasteiger charge is -2.11. The normalized spacial score (nSPS) is 20.8. The molecule has 1 aromatic carbocycles. The molecule has 0 aliphatic carbocycles. The van der Waals surface area contributed by atoms with Crippen LogP contribution in [0.1, 0.15) is 12.8 Å². The van der Waals surface area contributed by atoms with E-state index in [1.54, 1.807) is 0 Å². The first-order chi connectivity index (χ1) is 9.47. The van der Waals surface area contributed by atoms with Crippen molar-refractivity contribution in [3.63, 3.8) is 0 Å². The minimum absolute atomic E-state index is 0.0311. The molecule has 1 heterocycles. The highest BCUT2D eigenvalue weighted by Crippen LogP contribution is 2.18. The number of hydrogen-bond donors (Lipinski definition) is 2. The Balaban J connectivity index is 1.74. The van der Waals surface area contributed by atoms with Crippen LogP contribution < -0.4 is 10.6 Å². The van der Waals surface area contributed by atoms with Crippen molar-refractivity contribution in [3.05, 3.63) is 30.1 Å². The molecule has 1 aromatic rings. The van der Waals surface area contributed by atoms with E-state index < -0.39 is 9.84 Å². The fraction of sp³-hybridized carbons (Fsp3) is 0.462. The van der Waals surface area contributed by atoms with Crippen LogP contribution in [0.25, 0.3) is 0 Å². The van der Waals surface area contributed by atoms with Gasteiger partial charge in [0.1, 0.15) is 5.82 Å². The first-order valence-corrected chi connectivity index (χ1v) is 8.16. The summed E-state index contributed by atoms with van der Waals surface area (Å²) in [5.41, 5.74) is 0.506. The van der Waals surface area contributed by atoms with Crippen molar-refractivity contribution in [2.75, 3.05) is 24.2 Å². The molecule has 1 atom stereocenters. The Morgan fingerprint density at radius 1 is 1.30 bits per heavy atom. The van der Waals surface area contributed by atoms with Crippen molar-refractivity contribution >= 4 is 21.4 Å². The molecule has 5 nitrogen and oxygen atoms in total. The van der Waals surface area contributed by atoms with E-state index in [0.717, 1.165) is 0 Å². The third-order valence-corrected chi connectivity index (χ3v) is 5.52. The molecule has 0 aromatic heterocycles. The van der Waals surface area contributed by atoms with Gasteiger partial charge in [-0.1, -0.05) is 0 Å². The highest BCUT2D eigenvalue weighted by Gasteiger charge is 2.30.